The third-order valence-corrected chi connectivity index (χ3v) is 3.12. The Balaban J connectivity index is 2.76. The quantitative estimate of drug-likeness (QED) is 0.561. The Hall–Kier alpha value is -2.12. The summed E-state index contributed by atoms with van der Waals surface area (Å²) in [6, 6.07) is 5.00. The molecule has 0 heterocycles. The second kappa shape index (κ2) is 5.82. The van der Waals surface area contributed by atoms with E-state index in [4.69, 9.17) is 0 Å². The van der Waals surface area contributed by atoms with E-state index >= 15 is 0 Å². The fourth-order valence-electron chi connectivity index (χ4n) is 2.16. The van der Waals surface area contributed by atoms with Crippen molar-refractivity contribution in [1.82, 2.24) is 0 Å². The first-order chi connectivity index (χ1) is 10.5. The molecule has 0 aliphatic heterocycles. The maximum atomic E-state index is 13.0. The van der Waals surface area contributed by atoms with Gasteiger partial charge in [-0.15, -0.1) is 0 Å². The van der Waals surface area contributed by atoms with Gasteiger partial charge in [-0.3, -0.25) is 0 Å². The van der Waals surface area contributed by atoms with E-state index in [1.54, 1.807) is 0 Å². The number of alkyl halides is 8. The minimum Gasteiger partial charge on any atom is -0.205 e. The maximum absolute atomic E-state index is 13.0. The summed E-state index contributed by atoms with van der Waals surface area (Å²) in [6.07, 6.45) is -13.0. The van der Waals surface area contributed by atoms with Crippen molar-refractivity contribution >= 4 is 0 Å². The fraction of sp³-hybridized carbons (Fsp3) is 0.200. The number of rotatable bonds is 2. The summed E-state index contributed by atoms with van der Waals surface area (Å²) < 4.78 is 103. The molecule has 0 aromatic heterocycles. The molecule has 124 valence electrons. The molecule has 0 bridgehead atoms. The molecule has 0 amide bonds. The van der Waals surface area contributed by atoms with Gasteiger partial charge in [0.25, 0.3) is 6.43 Å². The van der Waals surface area contributed by atoms with Crippen LogP contribution < -0.4 is 0 Å². The van der Waals surface area contributed by atoms with E-state index in [-0.39, 0.29) is 0 Å². The molecule has 0 fully saturated rings. The zero-order valence-corrected chi connectivity index (χ0v) is 11.1. The molecule has 0 unspecified atom stereocenters. The SMILES string of the molecule is FC(F)c1cccc(C(F)(F)F)c1-c1cccc(C(F)(F)F)c1. The zero-order valence-electron chi connectivity index (χ0n) is 11.1. The molecule has 2 aromatic rings. The molecule has 0 radical (unpaired) electrons. The van der Waals surface area contributed by atoms with Crippen LogP contribution in [-0.2, 0) is 12.4 Å². The van der Waals surface area contributed by atoms with Gasteiger partial charge < -0.3 is 0 Å². The topological polar surface area (TPSA) is 0 Å². The lowest BCUT2D eigenvalue weighted by molar-refractivity contribution is -0.137. The second-order valence-electron chi connectivity index (χ2n) is 4.65. The lowest BCUT2D eigenvalue weighted by Gasteiger charge is -2.18. The van der Waals surface area contributed by atoms with Crippen LogP contribution in [0.25, 0.3) is 11.1 Å². The molecule has 0 saturated carbocycles. The maximum Gasteiger partial charge on any atom is 0.417 e. The normalized spacial score (nSPS) is 12.7. The van der Waals surface area contributed by atoms with Crippen molar-refractivity contribution in [3.63, 3.8) is 0 Å². The first-order valence-electron chi connectivity index (χ1n) is 6.17. The van der Waals surface area contributed by atoms with Crippen LogP contribution in [0.4, 0.5) is 35.1 Å². The van der Waals surface area contributed by atoms with Gasteiger partial charge in [0, 0.05) is 11.1 Å². The highest BCUT2D eigenvalue weighted by Crippen LogP contribution is 2.43. The van der Waals surface area contributed by atoms with Gasteiger partial charge in [-0.2, -0.15) is 26.3 Å². The summed E-state index contributed by atoms with van der Waals surface area (Å²) in [4.78, 5) is 0. The minimum atomic E-state index is -4.98. The van der Waals surface area contributed by atoms with Gasteiger partial charge in [-0.25, -0.2) is 8.78 Å². The highest BCUT2D eigenvalue weighted by atomic mass is 19.4. The van der Waals surface area contributed by atoms with Crippen molar-refractivity contribution in [1.29, 1.82) is 0 Å². The fourth-order valence-corrected chi connectivity index (χ4v) is 2.16. The first-order valence-corrected chi connectivity index (χ1v) is 6.17. The van der Waals surface area contributed by atoms with Crippen molar-refractivity contribution in [2.75, 3.05) is 0 Å². The van der Waals surface area contributed by atoms with Gasteiger partial charge >= 0.3 is 12.4 Å². The number of halogens is 8. The Morgan fingerprint density at radius 1 is 0.739 bits per heavy atom. The van der Waals surface area contributed by atoms with E-state index in [2.05, 4.69) is 0 Å². The van der Waals surface area contributed by atoms with Gasteiger partial charge in [-0.1, -0.05) is 24.3 Å². The molecular weight excluding hydrogens is 332 g/mol. The Morgan fingerprint density at radius 2 is 1.35 bits per heavy atom. The zero-order chi connectivity index (χ0) is 17.4. The average molecular weight is 340 g/mol. The van der Waals surface area contributed by atoms with Gasteiger partial charge in [0.15, 0.2) is 0 Å². The molecule has 2 rings (SSSR count). The van der Waals surface area contributed by atoms with Crippen molar-refractivity contribution in [3.05, 3.63) is 59.2 Å². The summed E-state index contributed by atoms with van der Waals surface area (Å²) in [5.74, 6) is 0. The van der Waals surface area contributed by atoms with Crippen LogP contribution in [0.5, 0.6) is 0 Å². The predicted molar refractivity (Wildman–Crippen MR) is 66.8 cm³/mol. The monoisotopic (exact) mass is 340 g/mol. The van der Waals surface area contributed by atoms with E-state index < -0.39 is 46.6 Å². The molecule has 0 atom stereocenters. The molecular formula is C15H8F8. The predicted octanol–water partition coefficient (Wildman–Crippen LogP) is 6.33. The molecule has 0 nitrogen and oxygen atoms in total. The second-order valence-corrected chi connectivity index (χ2v) is 4.65. The van der Waals surface area contributed by atoms with Crippen molar-refractivity contribution < 1.29 is 35.1 Å². The minimum absolute atomic E-state index is 0.427. The van der Waals surface area contributed by atoms with Crippen LogP contribution in [0.3, 0.4) is 0 Å². The van der Waals surface area contributed by atoms with Crippen molar-refractivity contribution in [3.8, 4) is 11.1 Å². The first kappa shape index (κ1) is 17.2. The number of benzene rings is 2. The van der Waals surface area contributed by atoms with Crippen LogP contribution in [0.2, 0.25) is 0 Å². The van der Waals surface area contributed by atoms with Gasteiger partial charge in [0.1, 0.15) is 0 Å². The lowest BCUT2D eigenvalue weighted by atomic mass is 9.93. The largest absolute Gasteiger partial charge is 0.417 e. The van der Waals surface area contributed by atoms with Crippen molar-refractivity contribution in [2.24, 2.45) is 0 Å². The number of hydrogen-bond donors (Lipinski definition) is 0. The summed E-state index contributed by atoms with van der Waals surface area (Å²) >= 11 is 0. The Kier molecular flexibility index (Phi) is 4.37. The Labute approximate surface area is 125 Å². The third kappa shape index (κ3) is 3.62. The third-order valence-electron chi connectivity index (χ3n) is 3.12. The summed E-state index contributed by atoms with van der Waals surface area (Å²) in [5.41, 5.74) is -5.11. The molecule has 23 heavy (non-hydrogen) atoms. The summed E-state index contributed by atoms with van der Waals surface area (Å²) in [6.45, 7) is 0. The van der Waals surface area contributed by atoms with Crippen molar-refractivity contribution in [2.45, 2.75) is 18.8 Å². The van der Waals surface area contributed by atoms with E-state index in [0.29, 0.717) is 18.2 Å². The van der Waals surface area contributed by atoms with Crippen LogP contribution in [0.15, 0.2) is 42.5 Å². The summed E-state index contributed by atoms with van der Waals surface area (Å²) in [7, 11) is 0. The summed E-state index contributed by atoms with van der Waals surface area (Å²) in [5, 5.41) is 0. The van der Waals surface area contributed by atoms with Crippen LogP contribution in [-0.4, -0.2) is 0 Å². The van der Waals surface area contributed by atoms with Crippen LogP contribution >= 0.6 is 0 Å². The Bertz CT molecular complexity index is 697. The molecule has 0 N–H and O–H groups in total. The van der Waals surface area contributed by atoms with Crippen LogP contribution in [0, 0.1) is 0 Å². The van der Waals surface area contributed by atoms with E-state index in [0.717, 1.165) is 24.3 Å². The molecule has 0 saturated heterocycles. The Morgan fingerprint density at radius 3 is 1.87 bits per heavy atom. The van der Waals surface area contributed by atoms with Gasteiger partial charge in [0.2, 0.25) is 0 Å². The standard InChI is InChI=1S/C15H8F8/c16-13(17)10-5-2-6-11(15(21,22)23)12(10)8-3-1-4-9(7-8)14(18,19)20/h1-7,13H. The molecule has 2 aromatic carbocycles. The average Bonchev–Trinajstić information content (AvgIpc) is 2.44. The number of hydrogen-bond acceptors (Lipinski definition) is 0. The van der Waals surface area contributed by atoms with Gasteiger partial charge in [0.05, 0.1) is 11.1 Å². The highest BCUT2D eigenvalue weighted by Gasteiger charge is 2.37. The molecule has 0 aliphatic carbocycles. The molecule has 0 aliphatic rings. The van der Waals surface area contributed by atoms with E-state index in [1.807, 2.05) is 0 Å². The molecule has 0 spiro atoms. The highest BCUT2D eigenvalue weighted by molar-refractivity contribution is 5.72. The molecule has 8 heteroatoms. The van der Waals surface area contributed by atoms with Crippen LogP contribution in [0.1, 0.15) is 23.1 Å². The van der Waals surface area contributed by atoms with E-state index in [9.17, 15) is 35.1 Å². The van der Waals surface area contributed by atoms with Gasteiger partial charge in [-0.05, 0) is 23.8 Å². The van der Waals surface area contributed by atoms with E-state index in [1.165, 1.54) is 0 Å². The lowest BCUT2D eigenvalue weighted by Crippen LogP contribution is -2.10. The smallest absolute Gasteiger partial charge is 0.205 e.